The van der Waals surface area contributed by atoms with Crippen molar-refractivity contribution >= 4 is 33.1 Å². The van der Waals surface area contributed by atoms with E-state index < -0.39 is 15.8 Å². The lowest BCUT2D eigenvalue weighted by Crippen LogP contribution is -2.32. The van der Waals surface area contributed by atoms with Crippen LogP contribution in [0.25, 0.3) is 0 Å². The van der Waals surface area contributed by atoms with Crippen LogP contribution in [-0.4, -0.2) is 39.0 Å². The number of anilines is 1. The molecule has 1 aromatic rings. The molecule has 1 aromatic carbocycles. The van der Waals surface area contributed by atoms with Gasteiger partial charge in [0, 0.05) is 23.0 Å². The molecule has 1 aliphatic rings. The highest BCUT2D eigenvalue weighted by Crippen LogP contribution is 2.30. The Labute approximate surface area is 142 Å². The summed E-state index contributed by atoms with van der Waals surface area (Å²) in [5.74, 6) is -0.422. The molecule has 0 bridgehead atoms. The van der Waals surface area contributed by atoms with E-state index >= 15 is 0 Å². The van der Waals surface area contributed by atoms with Gasteiger partial charge < -0.3 is 10.1 Å². The molecule has 1 aliphatic carbocycles. The minimum atomic E-state index is -2.97. The molecule has 2 rings (SSSR count). The SMILES string of the molecule is COC(=O)c1cc(Cl)cc(N[C@H]2CC[C@H](S(C)(=O)=O)CC2)c1C. The molecule has 1 saturated carbocycles. The van der Waals surface area contributed by atoms with Crippen LogP contribution >= 0.6 is 11.6 Å². The highest BCUT2D eigenvalue weighted by molar-refractivity contribution is 7.91. The van der Waals surface area contributed by atoms with Gasteiger partial charge in [-0.15, -0.1) is 0 Å². The highest BCUT2D eigenvalue weighted by atomic mass is 35.5. The van der Waals surface area contributed by atoms with E-state index in [1.807, 2.05) is 6.92 Å². The lowest BCUT2D eigenvalue weighted by molar-refractivity contribution is 0.0600. The van der Waals surface area contributed by atoms with Crippen molar-refractivity contribution in [3.8, 4) is 0 Å². The maximum atomic E-state index is 11.8. The fourth-order valence-electron chi connectivity index (χ4n) is 3.01. The summed E-state index contributed by atoms with van der Waals surface area (Å²) in [6.45, 7) is 1.84. The van der Waals surface area contributed by atoms with Crippen LogP contribution in [0.5, 0.6) is 0 Å². The van der Waals surface area contributed by atoms with Gasteiger partial charge in [-0.25, -0.2) is 13.2 Å². The van der Waals surface area contributed by atoms with Gasteiger partial charge in [-0.1, -0.05) is 11.6 Å². The zero-order chi connectivity index (χ0) is 17.2. The summed E-state index contributed by atoms with van der Waals surface area (Å²) in [5.41, 5.74) is 2.01. The van der Waals surface area contributed by atoms with Crippen LogP contribution in [0.15, 0.2) is 12.1 Å². The van der Waals surface area contributed by atoms with Crippen molar-refractivity contribution in [3.63, 3.8) is 0 Å². The van der Waals surface area contributed by atoms with Crippen molar-refractivity contribution in [2.24, 2.45) is 0 Å². The second-order valence-electron chi connectivity index (χ2n) is 6.06. The maximum absolute atomic E-state index is 11.8. The molecule has 23 heavy (non-hydrogen) atoms. The zero-order valence-corrected chi connectivity index (χ0v) is 15.1. The summed E-state index contributed by atoms with van der Waals surface area (Å²) in [4.78, 5) is 11.8. The van der Waals surface area contributed by atoms with E-state index in [1.165, 1.54) is 13.4 Å². The van der Waals surface area contributed by atoms with Crippen LogP contribution < -0.4 is 5.32 Å². The second kappa shape index (κ2) is 7.09. The lowest BCUT2D eigenvalue weighted by Gasteiger charge is -2.29. The third-order valence-corrected chi connectivity index (χ3v) is 6.32. The monoisotopic (exact) mass is 359 g/mol. The molecule has 0 radical (unpaired) electrons. The van der Waals surface area contributed by atoms with E-state index in [1.54, 1.807) is 12.1 Å². The summed E-state index contributed by atoms with van der Waals surface area (Å²) in [5, 5.41) is 3.61. The van der Waals surface area contributed by atoms with Crippen molar-refractivity contribution in [1.82, 2.24) is 0 Å². The van der Waals surface area contributed by atoms with Crippen LogP contribution in [0.4, 0.5) is 5.69 Å². The smallest absolute Gasteiger partial charge is 0.338 e. The van der Waals surface area contributed by atoms with E-state index in [0.29, 0.717) is 23.4 Å². The van der Waals surface area contributed by atoms with Gasteiger partial charge in [0.2, 0.25) is 0 Å². The van der Waals surface area contributed by atoms with Gasteiger partial charge in [0.25, 0.3) is 0 Å². The molecular formula is C16H22ClNO4S. The standard InChI is InChI=1S/C16H22ClNO4S/c1-10-14(16(19)22-2)8-11(17)9-15(10)18-12-4-6-13(7-5-12)23(3,20)21/h8-9,12-13,18H,4-7H2,1-3H3/t12-,13-. The predicted octanol–water partition coefficient (Wildman–Crippen LogP) is 3.20. The molecule has 5 nitrogen and oxygen atoms in total. The Bertz CT molecular complexity index is 694. The summed E-state index contributed by atoms with van der Waals surface area (Å²) in [6, 6.07) is 3.55. The number of carbonyl (C=O) groups is 1. The molecule has 0 spiro atoms. The van der Waals surface area contributed by atoms with E-state index in [0.717, 1.165) is 24.1 Å². The zero-order valence-electron chi connectivity index (χ0n) is 13.6. The van der Waals surface area contributed by atoms with Crippen LogP contribution in [-0.2, 0) is 14.6 Å². The molecule has 1 N–H and O–H groups in total. The second-order valence-corrected chi connectivity index (χ2v) is 8.83. The number of carbonyl (C=O) groups excluding carboxylic acids is 1. The summed E-state index contributed by atoms with van der Waals surface area (Å²) in [7, 11) is -1.63. The van der Waals surface area contributed by atoms with Crippen molar-refractivity contribution in [2.75, 3.05) is 18.7 Å². The Kier molecular flexibility index (Phi) is 5.57. The third-order valence-electron chi connectivity index (χ3n) is 4.42. The number of sulfone groups is 1. The number of ether oxygens (including phenoxy) is 1. The van der Waals surface area contributed by atoms with Crippen LogP contribution in [0, 0.1) is 6.92 Å². The normalized spacial score (nSPS) is 21.7. The van der Waals surface area contributed by atoms with Gasteiger partial charge in [0.15, 0.2) is 0 Å². The van der Waals surface area contributed by atoms with Gasteiger partial charge in [0.05, 0.1) is 17.9 Å². The fraction of sp³-hybridized carbons (Fsp3) is 0.562. The number of benzene rings is 1. The number of methoxy groups -OCH3 is 1. The quantitative estimate of drug-likeness (QED) is 0.836. The topological polar surface area (TPSA) is 72.5 Å². The first kappa shape index (κ1) is 18.1. The molecule has 0 unspecified atom stereocenters. The first-order valence-corrected chi connectivity index (χ1v) is 9.89. The molecule has 128 valence electrons. The minimum Gasteiger partial charge on any atom is -0.465 e. The number of nitrogens with one attached hydrogen (secondary N) is 1. The Morgan fingerprint density at radius 3 is 2.39 bits per heavy atom. The minimum absolute atomic E-state index is 0.177. The molecule has 1 fully saturated rings. The number of esters is 1. The highest BCUT2D eigenvalue weighted by Gasteiger charge is 2.28. The largest absolute Gasteiger partial charge is 0.465 e. The van der Waals surface area contributed by atoms with Crippen molar-refractivity contribution < 1.29 is 17.9 Å². The van der Waals surface area contributed by atoms with E-state index in [2.05, 4.69) is 5.32 Å². The molecule has 7 heteroatoms. The molecule has 0 amide bonds. The Hall–Kier alpha value is -1.27. The van der Waals surface area contributed by atoms with E-state index in [4.69, 9.17) is 16.3 Å². The van der Waals surface area contributed by atoms with Crippen molar-refractivity contribution in [2.45, 2.75) is 43.9 Å². The van der Waals surface area contributed by atoms with Gasteiger partial charge in [-0.2, -0.15) is 0 Å². The number of rotatable bonds is 4. The molecule has 0 heterocycles. The fourth-order valence-corrected chi connectivity index (χ4v) is 4.35. The molecule has 0 atom stereocenters. The average Bonchev–Trinajstić information content (AvgIpc) is 2.49. The first-order valence-electron chi connectivity index (χ1n) is 7.56. The Morgan fingerprint density at radius 1 is 1.26 bits per heavy atom. The molecule has 0 aliphatic heterocycles. The van der Waals surface area contributed by atoms with Gasteiger partial charge in [-0.3, -0.25) is 0 Å². The lowest BCUT2D eigenvalue weighted by atomic mass is 9.94. The number of hydrogen-bond acceptors (Lipinski definition) is 5. The molecular weight excluding hydrogens is 338 g/mol. The van der Waals surface area contributed by atoms with Gasteiger partial charge in [-0.05, 0) is 50.3 Å². The summed E-state index contributed by atoms with van der Waals surface area (Å²) < 4.78 is 28.0. The maximum Gasteiger partial charge on any atom is 0.338 e. The van der Waals surface area contributed by atoms with Gasteiger partial charge in [0.1, 0.15) is 9.84 Å². The van der Waals surface area contributed by atoms with E-state index in [9.17, 15) is 13.2 Å². The first-order chi connectivity index (χ1) is 10.7. The third kappa shape index (κ3) is 4.38. The predicted molar refractivity (Wildman–Crippen MR) is 92.0 cm³/mol. The molecule has 0 saturated heterocycles. The Balaban J connectivity index is 2.13. The number of hydrogen-bond donors (Lipinski definition) is 1. The van der Waals surface area contributed by atoms with E-state index in [-0.39, 0.29) is 11.3 Å². The molecule has 0 aromatic heterocycles. The average molecular weight is 360 g/mol. The van der Waals surface area contributed by atoms with Crippen LogP contribution in [0.1, 0.15) is 41.6 Å². The summed E-state index contributed by atoms with van der Waals surface area (Å²) in [6.07, 6.45) is 4.16. The van der Waals surface area contributed by atoms with Crippen LogP contribution in [0.2, 0.25) is 5.02 Å². The van der Waals surface area contributed by atoms with Crippen molar-refractivity contribution in [1.29, 1.82) is 0 Å². The Morgan fingerprint density at radius 2 is 1.87 bits per heavy atom. The number of halogens is 1. The van der Waals surface area contributed by atoms with Crippen molar-refractivity contribution in [3.05, 3.63) is 28.3 Å². The summed E-state index contributed by atoms with van der Waals surface area (Å²) >= 11 is 6.10. The van der Waals surface area contributed by atoms with Crippen LogP contribution in [0.3, 0.4) is 0 Å². The van der Waals surface area contributed by atoms with Gasteiger partial charge >= 0.3 is 5.97 Å².